The second-order valence-corrected chi connectivity index (χ2v) is 7.54. The van der Waals surface area contributed by atoms with Gasteiger partial charge < -0.3 is 0 Å². The first-order valence-corrected chi connectivity index (χ1v) is 9.73. The predicted molar refractivity (Wildman–Crippen MR) is 119 cm³/mol. The first-order chi connectivity index (χ1) is 14.8. The van der Waals surface area contributed by atoms with E-state index in [-0.39, 0.29) is 0 Å². The highest BCUT2D eigenvalue weighted by atomic mass is 14.8. The lowest BCUT2D eigenvalue weighted by molar-refractivity contribution is -0.509. The van der Waals surface area contributed by atoms with Gasteiger partial charge in [0.25, 0.3) is 0 Å². The van der Waals surface area contributed by atoms with Gasteiger partial charge in [-0.3, -0.25) is 0 Å². The van der Waals surface area contributed by atoms with Crippen molar-refractivity contribution in [3.05, 3.63) is 96.3 Å². The highest BCUT2D eigenvalue weighted by Gasteiger charge is 2.17. The van der Waals surface area contributed by atoms with Crippen LogP contribution in [0.2, 0.25) is 0 Å². The van der Waals surface area contributed by atoms with E-state index in [1.165, 1.54) is 0 Å². The second kappa shape index (κ2) is 6.01. The maximum absolute atomic E-state index is 9.47. The predicted octanol–water partition coefficient (Wildman–Crippen LogP) is 5.78. The van der Waals surface area contributed by atoms with E-state index in [0.29, 0.717) is 11.1 Å². The number of nitrogens with zero attached hydrogens (tertiary/aromatic N) is 3. The van der Waals surface area contributed by atoms with Crippen LogP contribution in [0.1, 0.15) is 11.1 Å². The first-order valence-electron chi connectivity index (χ1n) is 9.73. The zero-order valence-corrected chi connectivity index (χ0v) is 15.9. The molecule has 2 heterocycles. The highest BCUT2D eigenvalue weighted by Crippen LogP contribution is 2.35. The Bertz CT molecular complexity index is 1630. The second-order valence-electron chi connectivity index (χ2n) is 7.54. The molecule has 0 unspecified atom stereocenters. The van der Waals surface area contributed by atoms with Gasteiger partial charge in [0.05, 0.1) is 34.0 Å². The summed E-state index contributed by atoms with van der Waals surface area (Å²) in [7, 11) is 0. The van der Waals surface area contributed by atoms with Crippen molar-refractivity contribution in [2.45, 2.75) is 0 Å². The van der Waals surface area contributed by atoms with Gasteiger partial charge in [-0.05, 0) is 56.6 Å². The van der Waals surface area contributed by atoms with Crippen LogP contribution in [0.3, 0.4) is 0 Å². The molecule has 0 aliphatic heterocycles. The summed E-state index contributed by atoms with van der Waals surface area (Å²) in [4.78, 5) is 0. The SMILES string of the molecule is N#Cc1ccc2ccc3cc[n+]4ccc5ccc6ccc(C#N)cc6c5c4c3c2c1. The molecule has 0 N–H and O–H groups in total. The molecule has 6 rings (SSSR count). The van der Waals surface area contributed by atoms with Gasteiger partial charge in [0.2, 0.25) is 5.52 Å². The van der Waals surface area contributed by atoms with Gasteiger partial charge in [-0.1, -0.05) is 36.4 Å². The summed E-state index contributed by atoms with van der Waals surface area (Å²) >= 11 is 0. The van der Waals surface area contributed by atoms with Crippen LogP contribution < -0.4 is 4.40 Å². The van der Waals surface area contributed by atoms with Gasteiger partial charge >= 0.3 is 0 Å². The fourth-order valence-electron chi connectivity index (χ4n) is 4.52. The molecule has 2 aromatic heterocycles. The Morgan fingerprint density at radius 3 is 1.43 bits per heavy atom. The van der Waals surface area contributed by atoms with E-state index in [1.807, 2.05) is 36.4 Å². The molecule has 0 fully saturated rings. The molecule has 0 saturated heterocycles. The molecule has 4 aromatic carbocycles. The standard InChI is InChI=1S/C27H14N3/c28-15-17-1-3-19-5-7-21-9-11-30-12-10-22-8-6-20-4-2-18(16-29)14-24(20)26(22)27(30)25(21)23(19)13-17/h1-14H/q+1. The number of nitriles is 2. The van der Waals surface area contributed by atoms with Crippen LogP contribution in [0.4, 0.5) is 0 Å². The Balaban J connectivity index is 1.98. The third kappa shape index (κ3) is 2.21. The number of fused-ring (bicyclic) bond motifs is 9. The number of pyridine rings is 2. The van der Waals surface area contributed by atoms with Crippen LogP contribution in [0, 0.1) is 22.7 Å². The first kappa shape index (κ1) is 16.5. The summed E-state index contributed by atoms with van der Waals surface area (Å²) in [6.07, 6.45) is 4.15. The summed E-state index contributed by atoms with van der Waals surface area (Å²) in [6, 6.07) is 28.9. The number of benzene rings is 4. The van der Waals surface area contributed by atoms with Gasteiger partial charge in [0.1, 0.15) is 0 Å². The number of hydrogen-bond donors (Lipinski definition) is 0. The van der Waals surface area contributed by atoms with Crippen molar-refractivity contribution < 1.29 is 4.40 Å². The van der Waals surface area contributed by atoms with Crippen LogP contribution in [0.25, 0.3) is 48.6 Å². The van der Waals surface area contributed by atoms with E-state index in [1.54, 1.807) is 0 Å². The van der Waals surface area contributed by atoms with Crippen molar-refractivity contribution in [3.8, 4) is 12.1 Å². The average Bonchev–Trinajstić information content (AvgIpc) is 2.82. The molecule has 0 saturated carbocycles. The van der Waals surface area contributed by atoms with Crippen molar-refractivity contribution in [3.63, 3.8) is 0 Å². The van der Waals surface area contributed by atoms with Gasteiger partial charge in [0, 0.05) is 12.1 Å². The lowest BCUT2D eigenvalue weighted by atomic mass is 9.95. The Labute approximate surface area is 172 Å². The van der Waals surface area contributed by atoms with Gasteiger partial charge in [-0.15, -0.1) is 0 Å². The Hall–Kier alpha value is -4.47. The van der Waals surface area contributed by atoms with Crippen LogP contribution in [-0.2, 0) is 0 Å². The normalized spacial score (nSPS) is 11.3. The zero-order chi connectivity index (χ0) is 20.2. The molecule has 0 amide bonds. The van der Waals surface area contributed by atoms with Crippen LogP contribution in [0.5, 0.6) is 0 Å². The molecule has 0 bridgehead atoms. The van der Waals surface area contributed by atoms with Crippen molar-refractivity contribution in [2.75, 3.05) is 0 Å². The van der Waals surface area contributed by atoms with E-state index in [4.69, 9.17) is 0 Å². The molecule has 0 aliphatic rings. The molecule has 0 atom stereocenters. The van der Waals surface area contributed by atoms with E-state index >= 15 is 0 Å². The minimum absolute atomic E-state index is 0.647. The van der Waals surface area contributed by atoms with Crippen molar-refractivity contribution in [1.29, 1.82) is 10.5 Å². The smallest absolute Gasteiger partial charge is 0.192 e. The molecule has 6 aromatic rings. The molecule has 3 nitrogen and oxygen atoms in total. The highest BCUT2D eigenvalue weighted by molar-refractivity contribution is 6.24. The molecule has 136 valence electrons. The van der Waals surface area contributed by atoms with Gasteiger partial charge in [0.15, 0.2) is 12.4 Å². The molecular weight excluding hydrogens is 366 g/mol. The summed E-state index contributed by atoms with van der Waals surface area (Å²) in [5, 5.41) is 27.7. The third-order valence-corrected chi connectivity index (χ3v) is 5.93. The zero-order valence-electron chi connectivity index (χ0n) is 15.9. The largest absolute Gasteiger partial charge is 0.227 e. The van der Waals surface area contributed by atoms with E-state index in [9.17, 15) is 10.5 Å². The molecule has 0 aliphatic carbocycles. The number of aromatic nitrogens is 1. The molecule has 3 heteroatoms. The summed E-state index contributed by atoms with van der Waals surface area (Å²) in [5.74, 6) is 0. The van der Waals surface area contributed by atoms with E-state index in [0.717, 1.165) is 48.6 Å². The van der Waals surface area contributed by atoms with Gasteiger partial charge in [-0.2, -0.15) is 14.9 Å². The molecule has 30 heavy (non-hydrogen) atoms. The van der Waals surface area contributed by atoms with E-state index < -0.39 is 0 Å². The summed E-state index contributed by atoms with van der Waals surface area (Å²) in [6.45, 7) is 0. The third-order valence-electron chi connectivity index (χ3n) is 5.93. The quantitative estimate of drug-likeness (QED) is 0.248. The summed E-state index contributed by atoms with van der Waals surface area (Å²) < 4.78 is 2.14. The van der Waals surface area contributed by atoms with Crippen molar-refractivity contribution in [2.24, 2.45) is 0 Å². The topological polar surface area (TPSA) is 51.7 Å². The van der Waals surface area contributed by atoms with E-state index in [2.05, 4.69) is 65.3 Å². The molecule has 0 radical (unpaired) electrons. The number of rotatable bonds is 0. The van der Waals surface area contributed by atoms with Crippen LogP contribution in [0.15, 0.2) is 85.2 Å². The van der Waals surface area contributed by atoms with Crippen molar-refractivity contribution in [1.82, 2.24) is 0 Å². The van der Waals surface area contributed by atoms with Crippen molar-refractivity contribution >= 4 is 48.6 Å². The Morgan fingerprint density at radius 1 is 0.533 bits per heavy atom. The van der Waals surface area contributed by atoms with Crippen LogP contribution >= 0.6 is 0 Å². The monoisotopic (exact) mass is 380 g/mol. The average molecular weight is 380 g/mol. The lowest BCUT2D eigenvalue weighted by Gasteiger charge is -2.09. The fraction of sp³-hybridized carbons (Fsp3) is 0. The minimum atomic E-state index is 0.647. The fourth-order valence-corrected chi connectivity index (χ4v) is 4.52. The minimum Gasteiger partial charge on any atom is -0.192 e. The maximum Gasteiger partial charge on any atom is 0.227 e. The Kier molecular flexibility index (Phi) is 3.30. The molecule has 0 spiro atoms. The van der Waals surface area contributed by atoms with Gasteiger partial charge in [-0.25, -0.2) is 0 Å². The number of hydrogen-bond acceptors (Lipinski definition) is 2. The van der Waals surface area contributed by atoms with Crippen LogP contribution in [-0.4, -0.2) is 0 Å². The summed E-state index contributed by atoms with van der Waals surface area (Å²) in [5.41, 5.74) is 2.38. The Morgan fingerprint density at radius 2 is 0.967 bits per heavy atom. The maximum atomic E-state index is 9.47. The lowest BCUT2D eigenvalue weighted by Crippen LogP contribution is -2.20. The molecular formula is C27H14N3+.